The van der Waals surface area contributed by atoms with Crippen LogP contribution in [0.15, 0.2) is 35.3 Å². The van der Waals surface area contributed by atoms with Crippen LogP contribution in [0.2, 0.25) is 0 Å². The summed E-state index contributed by atoms with van der Waals surface area (Å²) in [5.74, 6) is 1.49. The van der Waals surface area contributed by atoms with Gasteiger partial charge in [-0.2, -0.15) is 0 Å². The molecule has 0 aliphatic carbocycles. The molecule has 24 heavy (non-hydrogen) atoms. The number of aliphatic imine (C=N–C) groups is 1. The number of nitrogens with zero attached hydrogens (tertiary/aromatic N) is 3. The summed E-state index contributed by atoms with van der Waals surface area (Å²) in [7, 11) is 0. The number of piperidine rings is 1. The van der Waals surface area contributed by atoms with Crippen molar-refractivity contribution in [1.82, 2.24) is 9.80 Å². The van der Waals surface area contributed by atoms with Gasteiger partial charge in [0.05, 0.1) is 6.54 Å². The lowest BCUT2D eigenvalue weighted by molar-refractivity contribution is 0.247. The van der Waals surface area contributed by atoms with Crippen molar-refractivity contribution in [3.05, 3.63) is 35.9 Å². The highest BCUT2D eigenvalue weighted by Crippen LogP contribution is 2.21. The van der Waals surface area contributed by atoms with Crippen LogP contribution < -0.4 is 5.73 Å². The van der Waals surface area contributed by atoms with Gasteiger partial charge in [-0.15, -0.1) is 24.0 Å². The lowest BCUT2D eigenvalue weighted by atomic mass is 10.0. The fourth-order valence-electron chi connectivity index (χ4n) is 3.82. The normalized spacial score (nSPS) is 25.5. The summed E-state index contributed by atoms with van der Waals surface area (Å²) in [5, 5.41) is 0. The van der Waals surface area contributed by atoms with Gasteiger partial charge in [-0.25, -0.2) is 0 Å². The Bertz CT molecular complexity index is 519. The number of halogens is 1. The van der Waals surface area contributed by atoms with Gasteiger partial charge in [0.1, 0.15) is 0 Å². The van der Waals surface area contributed by atoms with Gasteiger partial charge in [-0.1, -0.05) is 37.3 Å². The zero-order chi connectivity index (χ0) is 16.1. The molecule has 0 saturated carbocycles. The van der Waals surface area contributed by atoms with E-state index >= 15 is 0 Å². The second kappa shape index (κ2) is 9.61. The highest BCUT2D eigenvalue weighted by atomic mass is 127. The van der Waals surface area contributed by atoms with Crippen LogP contribution in [0.4, 0.5) is 0 Å². The van der Waals surface area contributed by atoms with Crippen LogP contribution in [0, 0.1) is 5.92 Å². The number of benzene rings is 1. The monoisotopic (exact) mass is 442 g/mol. The molecule has 0 bridgehead atoms. The van der Waals surface area contributed by atoms with Crippen molar-refractivity contribution in [2.45, 2.75) is 45.2 Å². The van der Waals surface area contributed by atoms with Gasteiger partial charge in [0.15, 0.2) is 5.96 Å². The number of guanidine groups is 1. The van der Waals surface area contributed by atoms with Crippen LogP contribution in [-0.2, 0) is 6.54 Å². The van der Waals surface area contributed by atoms with Crippen LogP contribution in [-0.4, -0.2) is 48.0 Å². The van der Waals surface area contributed by atoms with E-state index < -0.39 is 0 Å². The number of likely N-dealkylation sites (tertiary alicyclic amines) is 2. The predicted octanol–water partition coefficient (Wildman–Crippen LogP) is 3.32. The Hall–Kier alpha value is -0.820. The maximum Gasteiger partial charge on any atom is 0.191 e. The van der Waals surface area contributed by atoms with Crippen molar-refractivity contribution in [2.24, 2.45) is 16.6 Å². The van der Waals surface area contributed by atoms with Crippen molar-refractivity contribution in [1.29, 1.82) is 0 Å². The molecule has 2 heterocycles. The quantitative estimate of drug-likeness (QED) is 0.442. The first-order valence-corrected chi connectivity index (χ1v) is 9.05. The van der Waals surface area contributed by atoms with E-state index in [0.29, 0.717) is 6.04 Å². The van der Waals surface area contributed by atoms with Gasteiger partial charge in [-0.05, 0) is 43.7 Å². The largest absolute Gasteiger partial charge is 0.370 e. The first-order chi connectivity index (χ1) is 11.2. The van der Waals surface area contributed by atoms with Crippen molar-refractivity contribution in [3.8, 4) is 0 Å². The van der Waals surface area contributed by atoms with Gasteiger partial charge in [0, 0.05) is 25.7 Å². The highest BCUT2D eigenvalue weighted by molar-refractivity contribution is 14.0. The standard InChI is InChI=1S/C19H30N4.HI/c1-16-7-5-12-23(14-16)19(20)21-13-18-10-6-11-22(18)15-17-8-3-2-4-9-17;/h2-4,8-9,16,18H,5-7,10-15H2,1H3,(H2,20,21);1H. The molecule has 3 rings (SSSR count). The molecule has 2 aliphatic heterocycles. The van der Waals surface area contributed by atoms with Crippen LogP contribution in [0.3, 0.4) is 0 Å². The van der Waals surface area contributed by atoms with E-state index in [4.69, 9.17) is 10.7 Å². The van der Waals surface area contributed by atoms with E-state index in [-0.39, 0.29) is 24.0 Å². The maximum atomic E-state index is 6.24. The SMILES string of the molecule is CC1CCCN(C(N)=NCC2CCCN2Cc2ccccc2)C1.I. The maximum absolute atomic E-state index is 6.24. The lowest BCUT2D eigenvalue weighted by Crippen LogP contribution is -2.44. The summed E-state index contributed by atoms with van der Waals surface area (Å²) in [6, 6.07) is 11.3. The van der Waals surface area contributed by atoms with E-state index in [0.717, 1.165) is 38.1 Å². The van der Waals surface area contributed by atoms with Crippen LogP contribution >= 0.6 is 24.0 Å². The second-order valence-electron chi connectivity index (χ2n) is 7.14. The summed E-state index contributed by atoms with van der Waals surface area (Å²) >= 11 is 0. The molecule has 1 aromatic carbocycles. The number of rotatable bonds is 4. The Morgan fingerprint density at radius 2 is 1.92 bits per heavy atom. The van der Waals surface area contributed by atoms with Crippen LogP contribution in [0.25, 0.3) is 0 Å². The first-order valence-electron chi connectivity index (χ1n) is 9.05. The molecule has 2 aliphatic rings. The smallest absolute Gasteiger partial charge is 0.191 e. The number of hydrogen-bond donors (Lipinski definition) is 1. The van der Waals surface area contributed by atoms with E-state index in [1.807, 2.05) is 0 Å². The third kappa shape index (κ3) is 5.34. The molecule has 2 unspecified atom stereocenters. The van der Waals surface area contributed by atoms with E-state index in [9.17, 15) is 0 Å². The zero-order valence-electron chi connectivity index (χ0n) is 14.7. The second-order valence-corrected chi connectivity index (χ2v) is 7.14. The van der Waals surface area contributed by atoms with Gasteiger partial charge < -0.3 is 10.6 Å². The minimum absolute atomic E-state index is 0. The molecule has 0 amide bonds. The van der Waals surface area contributed by atoms with E-state index in [1.54, 1.807) is 0 Å². The molecule has 2 N–H and O–H groups in total. The summed E-state index contributed by atoms with van der Waals surface area (Å²) in [4.78, 5) is 9.56. The summed E-state index contributed by atoms with van der Waals surface area (Å²) in [5.41, 5.74) is 7.63. The molecule has 134 valence electrons. The molecule has 4 nitrogen and oxygen atoms in total. The molecule has 0 spiro atoms. The van der Waals surface area contributed by atoms with Crippen molar-refractivity contribution in [3.63, 3.8) is 0 Å². The third-order valence-electron chi connectivity index (χ3n) is 5.17. The van der Waals surface area contributed by atoms with Gasteiger partial charge in [0.25, 0.3) is 0 Å². The highest BCUT2D eigenvalue weighted by Gasteiger charge is 2.25. The summed E-state index contributed by atoms with van der Waals surface area (Å²) in [6.07, 6.45) is 5.06. The topological polar surface area (TPSA) is 44.9 Å². The van der Waals surface area contributed by atoms with Gasteiger partial charge in [0.2, 0.25) is 0 Å². The Morgan fingerprint density at radius 3 is 2.67 bits per heavy atom. The average molecular weight is 442 g/mol. The Morgan fingerprint density at radius 1 is 1.17 bits per heavy atom. The molecule has 0 aromatic heterocycles. The molecule has 1 aromatic rings. The lowest BCUT2D eigenvalue weighted by Gasteiger charge is -2.32. The minimum atomic E-state index is 0. The van der Waals surface area contributed by atoms with Crippen molar-refractivity contribution in [2.75, 3.05) is 26.2 Å². The van der Waals surface area contributed by atoms with Gasteiger partial charge in [-0.3, -0.25) is 9.89 Å². The molecule has 0 radical (unpaired) electrons. The average Bonchev–Trinajstić information content (AvgIpc) is 3.00. The van der Waals surface area contributed by atoms with E-state index in [2.05, 4.69) is 47.1 Å². The molecular weight excluding hydrogens is 411 g/mol. The molecule has 2 fully saturated rings. The fraction of sp³-hybridized carbons (Fsp3) is 0.632. The molecule has 5 heteroatoms. The van der Waals surface area contributed by atoms with E-state index in [1.165, 1.54) is 37.8 Å². The van der Waals surface area contributed by atoms with Crippen LogP contribution in [0.1, 0.15) is 38.2 Å². The Labute approximate surface area is 163 Å². The summed E-state index contributed by atoms with van der Waals surface area (Å²) in [6.45, 7) is 7.48. The number of hydrogen-bond acceptors (Lipinski definition) is 2. The Balaban J connectivity index is 0.00000208. The van der Waals surface area contributed by atoms with Crippen molar-refractivity contribution < 1.29 is 0 Å². The summed E-state index contributed by atoms with van der Waals surface area (Å²) < 4.78 is 0. The predicted molar refractivity (Wildman–Crippen MR) is 112 cm³/mol. The fourth-order valence-corrected chi connectivity index (χ4v) is 3.82. The molecular formula is C19H31IN4. The van der Waals surface area contributed by atoms with Crippen molar-refractivity contribution >= 4 is 29.9 Å². The van der Waals surface area contributed by atoms with Gasteiger partial charge >= 0.3 is 0 Å². The minimum Gasteiger partial charge on any atom is -0.370 e. The zero-order valence-corrected chi connectivity index (χ0v) is 17.1. The molecule has 2 atom stereocenters. The first kappa shape index (κ1) is 19.5. The Kier molecular flexibility index (Phi) is 7.81. The third-order valence-corrected chi connectivity index (χ3v) is 5.17. The molecule has 2 saturated heterocycles. The number of nitrogens with two attached hydrogens (primary N) is 1. The van der Waals surface area contributed by atoms with Crippen LogP contribution in [0.5, 0.6) is 0 Å².